The van der Waals surface area contributed by atoms with Crippen molar-refractivity contribution in [3.05, 3.63) is 98.6 Å². The Labute approximate surface area is 232 Å². The van der Waals surface area contributed by atoms with E-state index in [1.54, 1.807) is 18.2 Å². The average molecular weight is 544 g/mol. The number of aliphatic hydroxyl groups is 1. The molecule has 2 amide bonds. The lowest BCUT2D eigenvalue weighted by Gasteiger charge is -2.44. The van der Waals surface area contributed by atoms with E-state index >= 15 is 0 Å². The Kier molecular flexibility index (Phi) is 7.88. The van der Waals surface area contributed by atoms with Crippen LogP contribution in [0, 0.1) is 49.6 Å². The molecule has 0 saturated heterocycles. The van der Waals surface area contributed by atoms with E-state index in [9.17, 15) is 29.6 Å². The lowest BCUT2D eigenvalue weighted by molar-refractivity contribution is -0.385. The van der Waals surface area contributed by atoms with E-state index < -0.39 is 52.3 Å². The largest absolute Gasteiger partial charge is 0.389 e. The number of rotatable bonds is 6. The molecule has 3 aromatic rings. The van der Waals surface area contributed by atoms with Crippen molar-refractivity contribution >= 4 is 34.7 Å². The molecule has 3 N–H and O–H groups in total. The minimum absolute atomic E-state index is 0.240. The van der Waals surface area contributed by atoms with E-state index in [1.807, 2.05) is 52.0 Å². The molecule has 0 aliphatic heterocycles. The summed E-state index contributed by atoms with van der Waals surface area (Å²) in [7, 11) is 0. The summed E-state index contributed by atoms with van der Waals surface area (Å²) in [6.45, 7) is 8.90. The molecule has 0 unspecified atom stereocenters. The third-order valence-electron chi connectivity index (χ3n) is 7.58. The van der Waals surface area contributed by atoms with Crippen molar-refractivity contribution in [1.29, 1.82) is 0 Å². The van der Waals surface area contributed by atoms with Gasteiger partial charge in [0.15, 0.2) is 0 Å². The first-order valence-electron chi connectivity index (χ1n) is 13.0. The standard InChI is InChI=1S/C31H33N3O6/c1-17-9-11-23(19(3)13-17)32-29(36)27-25(35)16-31(5,38)28(26(27)21-7-6-8-22(15-21)34(39)40)30(37)33-24-12-10-18(2)14-20(24)4/h6-15,26-28,38H,16H2,1-5H3,(H,32,36)(H,33,37)/t26-,27-,28+,31+/m1/s1. The third-order valence-corrected chi connectivity index (χ3v) is 7.58. The molecule has 1 aliphatic rings. The fourth-order valence-electron chi connectivity index (χ4n) is 5.67. The quantitative estimate of drug-likeness (QED) is 0.223. The summed E-state index contributed by atoms with van der Waals surface area (Å²) >= 11 is 0. The van der Waals surface area contributed by atoms with Crippen LogP contribution < -0.4 is 10.6 Å². The van der Waals surface area contributed by atoms with Crippen molar-refractivity contribution in [2.75, 3.05) is 10.6 Å². The summed E-state index contributed by atoms with van der Waals surface area (Å²) in [4.78, 5) is 52.2. The van der Waals surface area contributed by atoms with Crippen LogP contribution in [0.4, 0.5) is 17.1 Å². The Bertz CT molecular complexity index is 1510. The highest BCUT2D eigenvalue weighted by Gasteiger charge is 2.56. The monoisotopic (exact) mass is 543 g/mol. The second-order valence-corrected chi connectivity index (χ2v) is 10.9. The predicted octanol–water partition coefficient (Wildman–Crippen LogP) is 5.15. The topological polar surface area (TPSA) is 139 Å². The van der Waals surface area contributed by atoms with Gasteiger partial charge in [0.25, 0.3) is 5.69 Å². The number of carbonyl (C=O) groups is 3. The second kappa shape index (κ2) is 11.0. The van der Waals surface area contributed by atoms with Crippen molar-refractivity contribution in [2.24, 2.45) is 11.8 Å². The number of aryl methyl sites for hydroxylation is 4. The van der Waals surface area contributed by atoms with Crippen molar-refractivity contribution in [2.45, 2.75) is 52.6 Å². The van der Waals surface area contributed by atoms with Gasteiger partial charge in [0.05, 0.1) is 16.4 Å². The van der Waals surface area contributed by atoms with Gasteiger partial charge in [-0.15, -0.1) is 0 Å². The zero-order valence-corrected chi connectivity index (χ0v) is 23.1. The Morgan fingerprint density at radius 3 is 1.98 bits per heavy atom. The van der Waals surface area contributed by atoms with Crippen LogP contribution in [0.15, 0.2) is 60.7 Å². The second-order valence-electron chi connectivity index (χ2n) is 10.9. The molecule has 0 radical (unpaired) electrons. The van der Waals surface area contributed by atoms with Gasteiger partial charge in [-0.05, 0) is 63.4 Å². The van der Waals surface area contributed by atoms with Gasteiger partial charge in [-0.25, -0.2) is 0 Å². The molecule has 0 spiro atoms. The van der Waals surface area contributed by atoms with Gasteiger partial charge in [0.2, 0.25) is 11.8 Å². The zero-order valence-electron chi connectivity index (χ0n) is 23.1. The number of Topliss-reactive ketones (excluding diaryl/α,β-unsaturated/α-hetero) is 1. The number of nitrogens with one attached hydrogen (secondary N) is 2. The van der Waals surface area contributed by atoms with Crippen molar-refractivity contribution in [3.8, 4) is 0 Å². The van der Waals surface area contributed by atoms with Gasteiger partial charge in [0.1, 0.15) is 11.7 Å². The summed E-state index contributed by atoms with van der Waals surface area (Å²) in [6.07, 6.45) is -0.436. The molecule has 3 aromatic carbocycles. The maximum Gasteiger partial charge on any atom is 0.269 e. The SMILES string of the molecule is Cc1ccc(NC(=O)[C@@H]2C(=O)C[C@](C)(O)[C@H](C(=O)Nc3ccc(C)cc3C)[C@@H]2c2cccc([N+](=O)[O-])c2)c(C)c1. The third kappa shape index (κ3) is 5.79. The number of nitro benzene ring substituents is 1. The number of nitro groups is 1. The van der Waals surface area contributed by atoms with Gasteiger partial charge >= 0.3 is 0 Å². The summed E-state index contributed by atoms with van der Waals surface area (Å²) in [5.41, 5.74) is 2.79. The average Bonchev–Trinajstić information content (AvgIpc) is 2.86. The van der Waals surface area contributed by atoms with E-state index in [2.05, 4.69) is 10.6 Å². The molecule has 0 heterocycles. The summed E-state index contributed by atoms with van der Waals surface area (Å²) in [5.74, 6) is -5.62. The number of hydrogen-bond acceptors (Lipinski definition) is 6. The molecule has 4 atom stereocenters. The van der Waals surface area contributed by atoms with Crippen LogP contribution in [0.1, 0.15) is 47.1 Å². The zero-order chi connectivity index (χ0) is 29.4. The van der Waals surface area contributed by atoms with Crippen molar-refractivity contribution in [1.82, 2.24) is 0 Å². The molecule has 9 heteroatoms. The molecule has 1 fully saturated rings. The molecular formula is C31H33N3O6. The normalized spacial score (nSPS) is 22.4. The number of anilines is 2. The van der Waals surface area contributed by atoms with Gasteiger partial charge < -0.3 is 15.7 Å². The fourth-order valence-corrected chi connectivity index (χ4v) is 5.67. The number of non-ortho nitro benzene ring substituents is 1. The van der Waals surface area contributed by atoms with Crippen LogP contribution in [-0.2, 0) is 14.4 Å². The van der Waals surface area contributed by atoms with E-state index in [-0.39, 0.29) is 11.3 Å². The van der Waals surface area contributed by atoms with Crippen LogP contribution in [0.3, 0.4) is 0 Å². The minimum Gasteiger partial charge on any atom is -0.389 e. The lowest BCUT2D eigenvalue weighted by Crippen LogP contribution is -2.56. The minimum atomic E-state index is -1.83. The number of benzene rings is 3. The molecule has 40 heavy (non-hydrogen) atoms. The van der Waals surface area contributed by atoms with Gasteiger partial charge in [-0.1, -0.05) is 47.5 Å². The van der Waals surface area contributed by atoms with Gasteiger partial charge in [0, 0.05) is 35.8 Å². The highest BCUT2D eigenvalue weighted by Crippen LogP contribution is 2.47. The lowest BCUT2D eigenvalue weighted by atomic mass is 9.61. The Balaban J connectivity index is 1.82. The molecule has 0 aromatic heterocycles. The first kappa shape index (κ1) is 28.6. The number of amides is 2. The summed E-state index contributed by atoms with van der Waals surface area (Å²) in [6, 6.07) is 16.5. The summed E-state index contributed by atoms with van der Waals surface area (Å²) < 4.78 is 0. The molecule has 1 aliphatic carbocycles. The molecule has 208 valence electrons. The van der Waals surface area contributed by atoms with Crippen LogP contribution in [0.2, 0.25) is 0 Å². The molecule has 4 rings (SSSR count). The Morgan fingerprint density at radius 2 is 1.45 bits per heavy atom. The van der Waals surface area contributed by atoms with Crippen LogP contribution in [-0.4, -0.2) is 33.2 Å². The highest BCUT2D eigenvalue weighted by molar-refractivity contribution is 6.10. The summed E-state index contributed by atoms with van der Waals surface area (Å²) in [5, 5.41) is 28.8. The highest BCUT2D eigenvalue weighted by atomic mass is 16.6. The van der Waals surface area contributed by atoms with Crippen molar-refractivity contribution < 1.29 is 24.4 Å². The fraction of sp³-hybridized carbons (Fsp3) is 0.323. The maximum atomic E-state index is 13.9. The van der Waals surface area contributed by atoms with Crippen molar-refractivity contribution in [3.63, 3.8) is 0 Å². The van der Waals surface area contributed by atoms with Crippen LogP contribution >= 0.6 is 0 Å². The first-order chi connectivity index (χ1) is 18.8. The van der Waals surface area contributed by atoms with E-state index in [0.29, 0.717) is 11.4 Å². The van der Waals surface area contributed by atoms with Gasteiger partial charge in [-0.3, -0.25) is 24.5 Å². The van der Waals surface area contributed by atoms with Crippen LogP contribution in [0.25, 0.3) is 0 Å². The van der Waals surface area contributed by atoms with E-state index in [0.717, 1.165) is 22.3 Å². The van der Waals surface area contributed by atoms with Gasteiger partial charge in [-0.2, -0.15) is 0 Å². The first-order valence-corrected chi connectivity index (χ1v) is 13.0. The number of hydrogen-bond donors (Lipinski definition) is 3. The van der Waals surface area contributed by atoms with E-state index in [4.69, 9.17) is 0 Å². The number of carbonyl (C=O) groups excluding carboxylic acids is 3. The molecule has 1 saturated carbocycles. The number of ketones is 1. The molecular weight excluding hydrogens is 510 g/mol. The smallest absolute Gasteiger partial charge is 0.269 e. The Hall–Kier alpha value is -4.37. The molecule has 9 nitrogen and oxygen atoms in total. The maximum absolute atomic E-state index is 13.9. The van der Waals surface area contributed by atoms with E-state index in [1.165, 1.54) is 25.1 Å². The van der Waals surface area contributed by atoms with Crippen LogP contribution in [0.5, 0.6) is 0 Å². The number of nitrogens with zero attached hydrogens (tertiary/aromatic N) is 1. The molecule has 0 bridgehead atoms. The Morgan fingerprint density at radius 1 is 0.900 bits per heavy atom. The predicted molar refractivity (Wildman–Crippen MR) is 152 cm³/mol.